The lowest BCUT2D eigenvalue weighted by atomic mass is 9.62. The van der Waals surface area contributed by atoms with Gasteiger partial charge in [-0.3, -0.25) is 0 Å². The van der Waals surface area contributed by atoms with E-state index in [1.165, 1.54) is 48.6 Å². The largest absolute Gasteiger partial charge is 0.350 e. The highest BCUT2D eigenvalue weighted by molar-refractivity contribution is 5.83. The van der Waals surface area contributed by atoms with Crippen LogP contribution < -0.4 is 5.73 Å². The summed E-state index contributed by atoms with van der Waals surface area (Å²) in [6, 6.07) is 8.13. The number of hydrogen-bond acceptors (Lipinski definition) is 4. The molecule has 2 bridgehead atoms. The second-order valence-corrected chi connectivity index (χ2v) is 9.36. The smallest absolute Gasteiger partial charge is 0.243 e. The van der Waals surface area contributed by atoms with E-state index >= 15 is 0 Å². The third-order valence-electron chi connectivity index (χ3n) is 6.84. The normalized spacial score (nSPS) is 25.2. The van der Waals surface area contributed by atoms with Crippen LogP contribution in [0, 0.1) is 11.3 Å². The van der Waals surface area contributed by atoms with E-state index in [4.69, 9.17) is 15.2 Å². The van der Waals surface area contributed by atoms with E-state index in [1.54, 1.807) is 5.57 Å². The molecule has 2 N–H and O–H groups in total. The first kappa shape index (κ1) is 18.6. The van der Waals surface area contributed by atoms with Crippen LogP contribution in [0.3, 0.4) is 0 Å². The Balaban J connectivity index is 1.33. The minimum atomic E-state index is -0.286. The summed E-state index contributed by atoms with van der Waals surface area (Å²) in [5, 5.41) is 5.55. The topological polar surface area (TPSA) is 69.9 Å². The highest BCUT2D eigenvalue weighted by Crippen LogP contribution is 2.49. The van der Waals surface area contributed by atoms with Crippen LogP contribution in [-0.2, 0) is 19.9 Å². The summed E-state index contributed by atoms with van der Waals surface area (Å²) in [7, 11) is 2.07. The molecule has 0 saturated heterocycles. The molecule has 3 aromatic rings. The first-order valence-electron chi connectivity index (χ1n) is 10.8. The molecule has 5 nitrogen and oxygen atoms in total. The second-order valence-electron chi connectivity index (χ2n) is 9.36. The molecule has 29 heavy (non-hydrogen) atoms. The maximum absolute atomic E-state index is 6.48. The first-order chi connectivity index (χ1) is 14.0. The molecule has 3 atom stereocenters. The van der Waals surface area contributed by atoms with Gasteiger partial charge in [-0.05, 0) is 61.5 Å². The zero-order valence-corrected chi connectivity index (χ0v) is 17.4. The highest BCUT2D eigenvalue weighted by atomic mass is 16.5. The van der Waals surface area contributed by atoms with Crippen molar-refractivity contribution in [2.45, 2.75) is 57.9 Å². The Bertz CT molecular complexity index is 1060. The van der Waals surface area contributed by atoms with Crippen molar-refractivity contribution in [3.8, 4) is 0 Å². The van der Waals surface area contributed by atoms with Gasteiger partial charge in [0.15, 0.2) is 5.82 Å². The first-order valence-corrected chi connectivity index (χ1v) is 10.8. The fraction of sp³-hybridized carbons (Fsp3) is 0.500. The van der Waals surface area contributed by atoms with Gasteiger partial charge in [-0.2, -0.15) is 4.98 Å². The third-order valence-corrected chi connectivity index (χ3v) is 6.84. The highest BCUT2D eigenvalue weighted by Gasteiger charge is 2.39. The summed E-state index contributed by atoms with van der Waals surface area (Å²) in [6.07, 6.45) is 12.5. The van der Waals surface area contributed by atoms with Gasteiger partial charge in [-0.1, -0.05) is 41.9 Å². The van der Waals surface area contributed by atoms with E-state index in [1.807, 2.05) is 0 Å². The lowest BCUT2D eigenvalue weighted by Gasteiger charge is -2.43. The zero-order chi connectivity index (χ0) is 20.0. The van der Waals surface area contributed by atoms with Crippen molar-refractivity contribution in [1.82, 2.24) is 14.7 Å². The van der Waals surface area contributed by atoms with Crippen molar-refractivity contribution in [1.29, 1.82) is 0 Å². The number of nitrogens with zero attached hydrogens (tertiary/aromatic N) is 3. The molecule has 5 heteroatoms. The lowest BCUT2D eigenvalue weighted by Crippen LogP contribution is -2.33. The molecule has 0 radical (unpaired) electrons. The molecule has 2 aliphatic carbocycles. The molecule has 0 amide bonds. The van der Waals surface area contributed by atoms with Gasteiger partial charge in [0.1, 0.15) is 0 Å². The van der Waals surface area contributed by atoms with Gasteiger partial charge in [0.2, 0.25) is 5.89 Å². The number of aryl methyl sites for hydroxylation is 1. The van der Waals surface area contributed by atoms with Crippen LogP contribution in [0.1, 0.15) is 62.3 Å². The van der Waals surface area contributed by atoms with E-state index in [9.17, 15) is 0 Å². The quantitative estimate of drug-likeness (QED) is 0.631. The summed E-state index contributed by atoms with van der Waals surface area (Å²) in [4.78, 5) is 4.73. The van der Waals surface area contributed by atoms with Crippen molar-refractivity contribution >= 4 is 10.9 Å². The number of rotatable bonds is 5. The summed E-state index contributed by atoms with van der Waals surface area (Å²) >= 11 is 0. The molecule has 152 valence electrons. The SMILES string of the molecule is CC1C=C2CCCC(Cc3noc([C@@H](N)Cc4cn(C)c5ccccc45)n3)(C2)C1. The maximum Gasteiger partial charge on any atom is 0.243 e. The molecule has 1 aromatic carbocycles. The van der Waals surface area contributed by atoms with E-state index in [2.05, 4.69) is 60.2 Å². The third kappa shape index (κ3) is 3.52. The predicted octanol–water partition coefficient (Wildman–Crippen LogP) is 4.87. The van der Waals surface area contributed by atoms with Crippen molar-refractivity contribution < 1.29 is 4.52 Å². The molecule has 0 aliphatic heterocycles. The van der Waals surface area contributed by atoms with Crippen LogP contribution in [-0.4, -0.2) is 14.7 Å². The number of allylic oxidation sites excluding steroid dienone is 2. The van der Waals surface area contributed by atoms with Gasteiger partial charge in [0, 0.05) is 30.6 Å². The Hall–Kier alpha value is -2.40. The molecule has 2 heterocycles. The van der Waals surface area contributed by atoms with Crippen LogP contribution in [0.15, 0.2) is 46.6 Å². The van der Waals surface area contributed by atoms with Crippen LogP contribution in [0.5, 0.6) is 0 Å². The maximum atomic E-state index is 6.48. The van der Waals surface area contributed by atoms with Crippen molar-refractivity contribution in [2.24, 2.45) is 24.1 Å². The van der Waals surface area contributed by atoms with Crippen LogP contribution in [0.25, 0.3) is 10.9 Å². The molecule has 1 fully saturated rings. The Morgan fingerprint density at radius 1 is 1.34 bits per heavy atom. The zero-order valence-electron chi connectivity index (χ0n) is 17.4. The van der Waals surface area contributed by atoms with Gasteiger partial charge in [0.25, 0.3) is 0 Å². The van der Waals surface area contributed by atoms with Crippen molar-refractivity contribution in [3.63, 3.8) is 0 Å². The molecule has 5 rings (SSSR count). The van der Waals surface area contributed by atoms with E-state index < -0.39 is 0 Å². The fourth-order valence-corrected chi connectivity index (χ4v) is 5.77. The fourth-order valence-electron chi connectivity index (χ4n) is 5.77. The Morgan fingerprint density at radius 2 is 2.21 bits per heavy atom. The average Bonchev–Trinajstić information content (AvgIpc) is 3.26. The van der Waals surface area contributed by atoms with Gasteiger partial charge in [-0.15, -0.1) is 0 Å². The summed E-state index contributed by atoms with van der Waals surface area (Å²) in [6.45, 7) is 2.33. The van der Waals surface area contributed by atoms with E-state index in [0.717, 1.165) is 12.2 Å². The molecule has 2 aromatic heterocycles. The number of hydrogen-bond donors (Lipinski definition) is 1. The molecule has 2 unspecified atom stereocenters. The number of benzene rings is 1. The minimum Gasteiger partial charge on any atom is -0.350 e. The molecular formula is C24H30N4O. The minimum absolute atomic E-state index is 0.286. The van der Waals surface area contributed by atoms with Gasteiger partial charge < -0.3 is 14.8 Å². The molecular weight excluding hydrogens is 360 g/mol. The Kier molecular flexibility index (Phi) is 4.58. The lowest BCUT2D eigenvalue weighted by molar-refractivity contribution is 0.164. The van der Waals surface area contributed by atoms with Gasteiger partial charge in [-0.25, -0.2) is 0 Å². The van der Waals surface area contributed by atoms with E-state index in [0.29, 0.717) is 23.6 Å². The Morgan fingerprint density at radius 3 is 3.10 bits per heavy atom. The second kappa shape index (κ2) is 7.13. The Labute approximate surface area is 172 Å². The van der Waals surface area contributed by atoms with Gasteiger partial charge >= 0.3 is 0 Å². The predicted molar refractivity (Wildman–Crippen MR) is 114 cm³/mol. The molecule has 1 saturated carbocycles. The number of fused-ring (bicyclic) bond motifs is 3. The van der Waals surface area contributed by atoms with Crippen LogP contribution in [0.4, 0.5) is 0 Å². The van der Waals surface area contributed by atoms with E-state index in [-0.39, 0.29) is 6.04 Å². The summed E-state index contributed by atoms with van der Waals surface area (Å²) < 4.78 is 7.76. The average molecular weight is 391 g/mol. The standard InChI is InChI=1S/C24H30N4O/c1-16-10-17-6-5-9-24(12-16,13-17)14-22-26-23(29-27-22)20(25)11-18-15-28(2)21-8-4-3-7-19(18)21/h3-4,7-8,10,15-16,20H,5-6,9,11-14,25H2,1-2H3/t16?,20-,24?/m0/s1. The molecule has 0 spiro atoms. The number of para-hydroxylation sites is 1. The van der Waals surface area contributed by atoms with Crippen molar-refractivity contribution in [2.75, 3.05) is 0 Å². The van der Waals surface area contributed by atoms with Gasteiger partial charge in [0.05, 0.1) is 6.04 Å². The summed E-state index contributed by atoms with van der Waals surface area (Å²) in [5.74, 6) is 2.03. The monoisotopic (exact) mass is 390 g/mol. The van der Waals surface area contributed by atoms with Crippen LogP contribution >= 0.6 is 0 Å². The molecule has 2 aliphatic rings. The summed E-state index contributed by atoms with van der Waals surface area (Å²) in [5.41, 5.74) is 10.9. The van der Waals surface area contributed by atoms with Crippen LogP contribution in [0.2, 0.25) is 0 Å². The number of aromatic nitrogens is 3. The number of nitrogens with two attached hydrogens (primary N) is 1. The van der Waals surface area contributed by atoms with Crippen molar-refractivity contribution in [3.05, 3.63) is 59.4 Å².